The maximum Gasteiger partial charge on any atom is 0.329 e. The number of H-pyrrole nitrogens is 1. The van der Waals surface area contributed by atoms with Crippen LogP contribution in [0, 0.1) is 0 Å². The van der Waals surface area contributed by atoms with E-state index in [0.717, 1.165) is 0 Å². The van der Waals surface area contributed by atoms with E-state index in [1.807, 2.05) is 0 Å². The highest BCUT2D eigenvalue weighted by molar-refractivity contribution is 9.10. The van der Waals surface area contributed by atoms with E-state index in [0.29, 0.717) is 10.0 Å². The number of anilines is 1. The van der Waals surface area contributed by atoms with E-state index < -0.39 is 11.2 Å². The molecule has 28 heavy (non-hydrogen) atoms. The van der Waals surface area contributed by atoms with Crippen LogP contribution in [0.25, 0.3) is 11.2 Å². The fourth-order valence-electron chi connectivity index (χ4n) is 2.62. The lowest BCUT2D eigenvalue weighted by atomic mass is 10.2. The largest absolute Gasteiger partial charge is 0.503 e. The number of hydrazone groups is 1. The Morgan fingerprint density at radius 2 is 2.21 bits per heavy atom. The van der Waals surface area contributed by atoms with Crippen molar-refractivity contribution < 1.29 is 9.84 Å². The maximum atomic E-state index is 12.2. The lowest BCUT2D eigenvalue weighted by molar-refractivity contribution is 0.372. The Morgan fingerprint density at radius 3 is 2.89 bits per heavy atom. The van der Waals surface area contributed by atoms with Crippen LogP contribution in [0.2, 0.25) is 0 Å². The van der Waals surface area contributed by atoms with Gasteiger partial charge in [0.25, 0.3) is 5.56 Å². The number of aryl methyl sites for hydroxylation is 1. The Labute approximate surface area is 166 Å². The summed E-state index contributed by atoms with van der Waals surface area (Å²) in [7, 11) is 2.96. The second-order valence-electron chi connectivity index (χ2n) is 5.75. The van der Waals surface area contributed by atoms with E-state index in [9.17, 15) is 14.7 Å². The molecule has 3 N–H and O–H groups in total. The summed E-state index contributed by atoms with van der Waals surface area (Å²) in [5.41, 5.74) is 2.76. The van der Waals surface area contributed by atoms with E-state index in [-0.39, 0.29) is 35.2 Å². The van der Waals surface area contributed by atoms with Crippen LogP contribution in [-0.2, 0) is 13.6 Å². The molecule has 0 atom stereocenters. The zero-order valence-electron chi connectivity index (χ0n) is 15.1. The average molecular weight is 449 g/mol. The molecule has 0 aliphatic carbocycles. The van der Waals surface area contributed by atoms with Gasteiger partial charge in [0, 0.05) is 13.6 Å². The molecule has 0 aliphatic heterocycles. The number of phenolic OH excluding ortho intramolecular Hbond substituents is 1. The van der Waals surface area contributed by atoms with Gasteiger partial charge in [0.1, 0.15) is 0 Å². The lowest BCUT2D eigenvalue weighted by Gasteiger charge is -2.07. The highest BCUT2D eigenvalue weighted by Gasteiger charge is 2.16. The fourth-order valence-corrected chi connectivity index (χ4v) is 3.07. The molecule has 0 spiro atoms. The zero-order valence-corrected chi connectivity index (χ0v) is 16.6. The molecule has 146 valence electrons. The topological polar surface area (TPSA) is 127 Å². The van der Waals surface area contributed by atoms with E-state index in [2.05, 4.69) is 43.0 Å². The molecule has 2 aromatic heterocycles. The Morgan fingerprint density at radius 1 is 1.46 bits per heavy atom. The number of fused-ring (bicyclic) bond motifs is 1. The molecule has 2 heterocycles. The van der Waals surface area contributed by atoms with Crippen molar-refractivity contribution >= 4 is 39.3 Å². The highest BCUT2D eigenvalue weighted by Crippen LogP contribution is 2.34. The number of imidazole rings is 1. The number of aromatic hydroxyl groups is 1. The SMILES string of the molecule is C=CCn1c(N/N=C\c2cc(Br)c(O)c(OC)c2)nc2c1c(=O)[nH]c(=O)n2C. The number of halogens is 1. The van der Waals surface area contributed by atoms with Crippen molar-refractivity contribution in [3.05, 3.63) is 55.7 Å². The Bertz CT molecular complexity index is 1210. The van der Waals surface area contributed by atoms with Gasteiger partial charge in [-0.25, -0.2) is 10.2 Å². The summed E-state index contributed by atoms with van der Waals surface area (Å²) in [4.78, 5) is 30.6. The number of allylic oxidation sites excluding steroid dienone is 1. The highest BCUT2D eigenvalue weighted by atomic mass is 79.9. The van der Waals surface area contributed by atoms with Gasteiger partial charge in [-0.05, 0) is 33.6 Å². The van der Waals surface area contributed by atoms with Crippen LogP contribution < -0.4 is 21.4 Å². The van der Waals surface area contributed by atoms with Crippen molar-refractivity contribution in [2.45, 2.75) is 6.54 Å². The molecule has 11 heteroatoms. The molecule has 0 aliphatic rings. The monoisotopic (exact) mass is 448 g/mol. The minimum Gasteiger partial charge on any atom is -0.503 e. The number of hydrogen-bond donors (Lipinski definition) is 3. The molecular formula is C17H17BrN6O4. The Balaban J connectivity index is 2.01. The van der Waals surface area contributed by atoms with Crippen molar-refractivity contribution in [1.29, 1.82) is 0 Å². The molecule has 0 fully saturated rings. The van der Waals surface area contributed by atoms with Gasteiger partial charge in [-0.2, -0.15) is 10.1 Å². The molecule has 0 unspecified atom stereocenters. The van der Waals surface area contributed by atoms with Gasteiger partial charge in [-0.3, -0.25) is 18.9 Å². The number of hydrogen-bond acceptors (Lipinski definition) is 7. The van der Waals surface area contributed by atoms with E-state index in [1.165, 1.54) is 24.9 Å². The summed E-state index contributed by atoms with van der Waals surface area (Å²) in [5.74, 6) is 0.541. The fraction of sp³-hybridized carbons (Fsp3) is 0.176. The number of benzene rings is 1. The lowest BCUT2D eigenvalue weighted by Crippen LogP contribution is -2.29. The number of aromatic amines is 1. The molecule has 0 saturated carbocycles. The van der Waals surface area contributed by atoms with Crippen molar-refractivity contribution in [2.24, 2.45) is 12.1 Å². The summed E-state index contributed by atoms with van der Waals surface area (Å²) in [6.45, 7) is 3.97. The van der Waals surface area contributed by atoms with Gasteiger partial charge in [0.05, 0.1) is 17.8 Å². The second kappa shape index (κ2) is 7.72. The minimum atomic E-state index is -0.558. The molecule has 1 aromatic carbocycles. The first kappa shape index (κ1) is 19.4. The number of nitrogens with zero attached hydrogens (tertiary/aromatic N) is 4. The standard InChI is InChI=1S/C17H17BrN6O4/c1-4-5-24-12-14(23(2)17(27)21-15(12)26)20-16(24)22-19-8-9-6-10(18)13(25)11(7-9)28-3/h4,6-8,25H,1,5H2,2-3H3,(H,20,22)(H,21,26,27)/b19-8-. The molecule has 0 amide bonds. The number of ether oxygens (including phenoxy) is 1. The van der Waals surface area contributed by atoms with Crippen molar-refractivity contribution in [2.75, 3.05) is 12.5 Å². The minimum absolute atomic E-state index is 0.0134. The van der Waals surface area contributed by atoms with Gasteiger partial charge in [-0.1, -0.05) is 6.08 Å². The number of nitrogens with one attached hydrogen (secondary N) is 2. The first-order chi connectivity index (χ1) is 13.4. The second-order valence-corrected chi connectivity index (χ2v) is 6.60. The summed E-state index contributed by atoms with van der Waals surface area (Å²) >= 11 is 3.24. The third-order valence-electron chi connectivity index (χ3n) is 3.97. The zero-order chi connectivity index (χ0) is 20.4. The molecule has 0 radical (unpaired) electrons. The van der Waals surface area contributed by atoms with Crippen LogP contribution >= 0.6 is 15.9 Å². The van der Waals surface area contributed by atoms with E-state index >= 15 is 0 Å². The number of phenols is 1. The first-order valence-electron chi connectivity index (χ1n) is 8.03. The summed E-state index contributed by atoms with van der Waals surface area (Å²) in [5, 5.41) is 14.0. The first-order valence-corrected chi connectivity index (χ1v) is 8.82. The number of aromatic nitrogens is 4. The Kier molecular flexibility index (Phi) is 5.36. The average Bonchev–Trinajstić information content (AvgIpc) is 3.02. The van der Waals surface area contributed by atoms with Crippen LogP contribution in [0.15, 0.2) is 44.0 Å². The summed E-state index contributed by atoms with van der Waals surface area (Å²) in [6, 6.07) is 3.26. The van der Waals surface area contributed by atoms with Gasteiger partial charge in [0.15, 0.2) is 22.7 Å². The molecule has 3 aromatic rings. The van der Waals surface area contributed by atoms with Crippen LogP contribution in [0.3, 0.4) is 0 Å². The smallest absolute Gasteiger partial charge is 0.329 e. The van der Waals surface area contributed by atoms with Gasteiger partial charge in [0.2, 0.25) is 5.95 Å². The van der Waals surface area contributed by atoms with E-state index in [4.69, 9.17) is 4.74 Å². The van der Waals surface area contributed by atoms with Crippen molar-refractivity contribution in [3.63, 3.8) is 0 Å². The number of rotatable bonds is 6. The van der Waals surface area contributed by atoms with Crippen LogP contribution in [0.5, 0.6) is 11.5 Å². The molecule has 0 bridgehead atoms. The third kappa shape index (κ3) is 3.43. The molecule has 0 saturated heterocycles. The molecular weight excluding hydrogens is 432 g/mol. The van der Waals surface area contributed by atoms with Crippen molar-refractivity contribution in [3.8, 4) is 11.5 Å². The van der Waals surface area contributed by atoms with Crippen LogP contribution in [0.1, 0.15) is 5.56 Å². The summed E-state index contributed by atoms with van der Waals surface area (Å²) < 4.78 is 8.36. The quantitative estimate of drug-likeness (QED) is 0.298. The van der Waals surface area contributed by atoms with Crippen molar-refractivity contribution in [1.82, 2.24) is 19.1 Å². The predicted molar refractivity (Wildman–Crippen MR) is 109 cm³/mol. The predicted octanol–water partition coefficient (Wildman–Crippen LogP) is 1.53. The van der Waals surface area contributed by atoms with Gasteiger partial charge < -0.3 is 9.84 Å². The van der Waals surface area contributed by atoms with Crippen LogP contribution in [0.4, 0.5) is 5.95 Å². The molecule has 10 nitrogen and oxygen atoms in total. The van der Waals surface area contributed by atoms with Gasteiger partial charge >= 0.3 is 5.69 Å². The normalized spacial score (nSPS) is 11.2. The third-order valence-corrected chi connectivity index (χ3v) is 4.57. The van der Waals surface area contributed by atoms with Crippen LogP contribution in [-0.4, -0.2) is 37.5 Å². The maximum absolute atomic E-state index is 12.2. The van der Waals surface area contributed by atoms with E-state index in [1.54, 1.807) is 22.8 Å². The number of methoxy groups -OCH3 is 1. The molecule has 3 rings (SSSR count). The van der Waals surface area contributed by atoms with Gasteiger partial charge in [-0.15, -0.1) is 6.58 Å². The Hall–Kier alpha value is -3.34. The summed E-state index contributed by atoms with van der Waals surface area (Å²) in [6.07, 6.45) is 3.09.